The van der Waals surface area contributed by atoms with Crippen LogP contribution in [0.15, 0.2) is 36.4 Å². The lowest BCUT2D eigenvalue weighted by molar-refractivity contribution is -0.197. The van der Waals surface area contributed by atoms with Crippen LogP contribution in [0.4, 0.5) is 5.82 Å². The van der Waals surface area contributed by atoms with Crippen LogP contribution in [0.1, 0.15) is 81.2 Å². The van der Waals surface area contributed by atoms with E-state index >= 15 is 0 Å². The molecule has 200 valence electrons. The number of carbonyl (C=O) groups is 1. The van der Waals surface area contributed by atoms with Crippen molar-refractivity contribution in [2.45, 2.75) is 77.7 Å². The maximum Gasteiger partial charge on any atom is 0.330 e. The van der Waals surface area contributed by atoms with E-state index in [0.717, 1.165) is 81.0 Å². The molecular formula is C30H41N3O4. The molecule has 5 rings (SSSR count). The Morgan fingerprint density at radius 3 is 2.78 bits per heavy atom. The van der Waals surface area contributed by atoms with Crippen LogP contribution in [0.5, 0.6) is 0 Å². The van der Waals surface area contributed by atoms with E-state index in [1.165, 1.54) is 12.0 Å². The summed E-state index contributed by atoms with van der Waals surface area (Å²) >= 11 is 0. The number of carbonyl (C=O) groups excluding carboxylic acids is 1. The first-order chi connectivity index (χ1) is 17.9. The van der Waals surface area contributed by atoms with Crippen LogP contribution in [-0.2, 0) is 31.8 Å². The van der Waals surface area contributed by atoms with E-state index in [2.05, 4.69) is 43.1 Å². The molecule has 3 unspecified atom stereocenters. The van der Waals surface area contributed by atoms with Gasteiger partial charge in [-0.25, -0.2) is 9.78 Å². The minimum Gasteiger partial charge on any atom is -0.430 e. The molecule has 3 aliphatic heterocycles. The highest BCUT2D eigenvalue weighted by molar-refractivity contribution is 5.80. The van der Waals surface area contributed by atoms with E-state index in [1.54, 1.807) is 0 Å². The number of aromatic nitrogens is 1. The number of anilines is 1. The molecular weight excluding hydrogens is 466 g/mol. The summed E-state index contributed by atoms with van der Waals surface area (Å²) < 4.78 is 18.0. The molecule has 2 aromatic rings. The Hall–Kier alpha value is -2.48. The number of cyclic esters (lactones) is 1. The van der Waals surface area contributed by atoms with Crippen LogP contribution in [0, 0.1) is 5.41 Å². The highest BCUT2D eigenvalue weighted by atomic mass is 16.7. The Morgan fingerprint density at radius 1 is 1.11 bits per heavy atom. The number of ether oxygens (including phenoxy) is 3. The average Bonchev–Trinajstić information content (AvgIpc) is 3.34. The minimum absolute atomic E-state index is 0.00797. The van der Waals surface area contributed by atoms with Crippen LogP contribution < -0.4 is 5.32 Å². The lowest BCUT2D eigenvalue weighted by atomic mass is 9.95. The Kier molecular flexibility index (Phi) is 8.12. The lowest BCUT2D eigenvalue weighted by Crippen LogP contribution is -2.39. The highest BCUT2D eigenvalue weighted by Gasteiger charge is 2.42. The second-order valence-electron chi connectivity index (χ2n) is 11.7. The molecule has 0 amide bonds. The number of hydrogen-bond donors (Lipinski definition) is 1. The van der Waals surface area contributed by atoms with Crippen molar-refractivity contribution in [2.75, 3.05) is 38.2 Å². The predicted octanol–water partition coefficient (Wildman–Crippen LogP) is 5.21. The van der Waals surface area contributed by atoms with Crippen molar-refractivity contribution in [3.05, 3.63) is 58.8 Å². The second-order valence-corrected chi connectivity index (χ2v) is 11.7. The highest BCUT2D eigenvalue weighted by Crippen LogP contribution is 2.39. The van der Waals surface area contributed by atoms with Gasteiger partial charge in [-0.2, -0.15) is 0 Å². The first-order valence-corrected chi connectivity index (χ1v) is 13.9. The maximum absolute atomic E-state index is 13.1. The summed E-state index contributed by atoms with van der Waals surface area (Å²) in [6.45, 7) is 10.2. The van der Waals surface area contributed by atoms with Crippen molar-refractivity contribution in [3.63, 3.8) is 0 Å². The summed E-state index contributed by atoms with van der Waals surface area (Å²) in [5, 5.41) is 3.42. The third-order valence-electron chi connectivity index (χ3n) is 7.33. The second kappa shape index (κ2) is 11.5. The molecule has 1 aromatic carbocycles. The number of aryl methyl sites for hydroxylation is 2. The number of nitrogens with zero attached hydrogens (tertiary/aromatic N) is 2. The molecule has 1 saturated heterocycles. The van der Waals surface area contributed by atoms with Gasteiger partial charge in [0.1, 0.15) is 11.9 Å². The van der Waals surface area contributed by atoms with Gasteiger partial charge in [-0.3, -0.25) is 4.90 Å². The summed E-state index contributed by atoms with van der Waals surface area (Å²) in [5.41, 5.74) is 4.42. The molecule has 3 aliphatic rings. The number of fused-ring (bicyclic) bond motifs is 2. The van der Waals surface area contributed by atoms with Crippen molar-refractivity contribution in [1.29, 1.82) is 0 Å². The number of esters is 1. The van der Waals surface area contributed by atoms with Crippen molar-refractivity contribution in [2.24, 2.45) is 5.41 Å². The number of pyridine rings is 1. The molecule has 0 bridgehead atoms. The van der Waals surface area contributed by atoms with Gasteiger partial charge in [0, 0.05) is 37.5 Å². The van der Waals surface area contributed by atoms with Crippen molar-refractivity contribution >= 4 is 11.8 Å². The zero-order valence-electron chi connectivity index (χ0n) is 22.5. The number of benzene rings is 1. The van der Waals surface area contributed by atoms with Gasteiger partial charge < -0.3 is 19.5 Å². The SMILES string of the molecule is CC(C)(C)COC1OC(=O)C(N2CCC(OCCCCc3ccc4c(n3)NCCC4)C2)c2ccccc21. The van der Waals surface area contributed by atoms with E-state index in [-0.39, 0.29) is 17.5 Å². The Morgan fingerprint density at radius 2 is 1.95 bits per heavy atom. The number of unbranched alkanes of at least 4 members (excludes halogenated alkanes) is 1. The standard InChI is InChI=1S/C30H41N3O4/c1-30(2,3)20-36-29-25-12-5-4-11-24(25)26(28(34)37-29)33-17-15-23(19-33)35-18-7-6-10-22-14-13-21-9-8-16-31-27(21)32-22/h4-5,11-14,23,26,29H,6-10,15-20H2,1-3H3,(H,31,32). The summed E-state index contributed by atoms with van der Waals surface area (Å²) in [7, 11) is 0. The normalized spacial score (nSPS) is 23.8. The predicted molar refractivity (Wildman–Crippen MR) is 143 cm³/mol. The molecule has 7 heteroatoms. The first-order valence-electron chi connectivity index (χ1n) is 13.9. The molecule has 1 N–H and O–H groups in total. The molecule has 7 nitrogen and oxygen atoms in total. The van der Waals surface area contributed by atoms with Gasteiger partial charge in [-0.15, -0.1) is 0 Å². The van der Waals surface area contributed by atoms with Gasteiger partial charge >= 0.3 is 5.97 Å². The summed E-state index contributed by atoms with van der Waals surface area (Å²) in [6, 6.07) is 12.0. The zero-order valence-corrected chi connectivity index (χ0v) is 22.5. The third-order valence-corrected chi connectivity index (χ3v) is 7.33. The monoisotopic (exact) mass is 507 g/mol. The molecule has 0 aliphatic carbocycles. The Balaban J connectivity index is 1.10. The van der Waals surface area contributed by atoms with Crippen molar-refractivity contribution in [1.82, 2.24) is 9.88 Å². The molecule has 3 atom stereocenters. The van der Waals surface area contributed by atoms with Gasteiger partial charge in [-0.05, 0) is 61.1 Å². The van der Waals surface area contributed by atoms with E-state index < -0.39 is 12.3 Å². The smallest absolute Gasteiger partial charge is 0.330 e. The molecule has 0 radical (unpaired) electrons. The molecule has 37 heavy (non-hydrogen) atoms. The fraction of sp³-hybridized carbons (Fsp3) is 0.600. The fourth-order valence-corrected chi connectivity index (χ4v) is 5.42. The molecule has 1 fully saturated rings. The Bertz CT molecular complexity index is 1080. The van der Waals surface area contributed by atoms with Gasteiger partial charge in [0.2, 0.25) is 6.29 Å². The van der Waals surface area contributed by atoms with Crippen LogP contribution in [0.2, 0.25) is 0 Å². The third kappa shape index (κ3) is 6.51. The fourth-order valence-electron chi connectivity index (χ4n) is 5.42. The van der Waals surface area contributed by atoms with E-state index in [9.17, 15) is 4.79 Å². The molecule has 1 aromatic heterocycles. The first kappa shape index (κ1) is 26.1. The number of likely N-dealkylation sites (tertiary alicyclic amines) is 1. The van der Waals surface area contributed by atoms with Gasteiger partial charge in [-0.1, -0.05) is 51.1 Å². The Labute approximate surface area is 220 Å². The summed E-state index contributed by atoms with van der Waals surface area (Å²) in [5.74, 6) is 0.839. The van der Waals surface area contributed by atoms with Crippen LogP contribution in [-0.4, -0.2) is 54.8 Å². The van der Waals surface area contributed by atoms with Gasteiger partial charge in [0.15, 0.2) is 0 Å². The van der Waals surface area contributed by atoms with Gasteiger partial charge in [0.05, 0.1) is 12.7 Å². The minimum atomic E-state index is -0.644. The van der Waals surface area contributed by atoms with Crippen LogP contribution in [0.25, 0.3) is 0 Å². The van der Waals surface area contributed by atoms with Gasteiger partial charge in [0.25, 0.3) is 0 Å². The average molecular weight is 508 g/mol. The van der Waals surface area contributed by atoms with Crippen LogP contribution >= 0.6 is 0 Å². The van der Waals surface area contributed by atoms with E-state index in [4.69, 9.17) is 19.2 Å². The zero-order chi connectivity index (χ0) is 25.8. The van der Waals surface area contributed by atoms with Crippen molar-refractivity contribution in [3.8, 4) is 0 Å². The summed E-state index contributed by atoms with van der Waals surface area (Å²) in [4.78, 5) is 20.1. The number of hydrogen-bond acceptors (Lipinski definition) is 7. The van der Waals surface area contributed by atoms with Crippen molar-refractivity contribution < 1.29 is 19.0 Å². The topological polar surface area (TPSA) is 72.9 Å². The maximum atomic E-state index is 13.1. The number of nitrogens with one attached hydrogen (secondary N) is 1. The van der Waals surface area contributed by atoms with E-state index in [0.29, 0.717) is 6.61 Å². The molecule has 0 spiro atoms. The summed E-state index contributed by atoms with van der Waals surface area (Å²) in [6.07, 6.45) is 5.76. The molecule has 4 heterocycles. The molecule has 0 saturated carbocycles. The largest absolute Gasteiger partial charge is 0.430 e. The number of rotatable bonds is 9. The lowest BCUT2D eigenvalue weighted by Gasteiger charge is -2.36. The van der Waals surface area contributed by atoms with E-state index in [1.807, 2.05) is 24.3 Å². The quantitative estimate of drug-likeness (QED) is 0.369. The van der Waals surface area contributed by atoms with Crippen LogP contribution in [0.3, 0.4) is 0 Å².